The molecule has 0 aromatic heterocycles. The van der Waals surface area contributed by atoms with E-state index in [9.17, 15) is 0 Å². The number of allylic oxidation sites excluding steroid dienone is 2. The van der Waals surface area contributed by atoms with Crippen molar-refractivity contribution in [3.8, 4) is 0 Å². The highest BCUT2D eigenvalue weighted by Crippen LogP contribution is 2.55. The Kier molecular flexibility index (Phi) is 0.898. The van der Waals surface area contributed by atoms with Gasteiger partial charge in [-0.2, -0.15) is 0 Å². The average Bonchev–Trinajstić information content (AvgIpc) is 2.60. The highest BCUT2D eigenvalue weighted by atomic mass is 14.5. The summed E-state index contributed by atoms with van der Waals surface area (Å²) in [5.41, 5.74) is 0. The normalized spacial score (nSPS) is 56.0. The van der Waals surface area contributed by atoms with Gasteiger partial charge in [-0.25, -0.2) is 0 Å². The number of hydrogen-bond acceptors (Lipinski definition) is 0. The van der Waals surface area contributed by atoms with Gasteiger partial charge in [-0.3, -0.25) is 0 Å². The quantitative estimate of drug-likeness (QED) is 0.445. The Labute approximate surface area is 62.3 Å². The van der Waals surface area contributed by atoms with E-state index >= 15 is 0 Å². The summed E-state index contributed by atoms with van der Waals surface area (Å²) in [6.07, 6.45) is 11.7. The summed E-state index contributed by atoms with van der Waals surface area (Å²) in [6, 6.07) is 0. The minimum atomic E-state index is 0.995. The van der Waals surface area contributed by atoms with Crippen molar-refractivity contribution in [3.05, 3.63) is 18.6 Å². The maximum atomic E-state index is 2.57. The molecule has 53 valence electrons. The van der Waals surface area contributed by atoms with Gasteiger partial charge in [0.25, 0.3) is 0 Å². The van der Waals surface area contributed by atoms with Crippen molar-refractivity contribution >= 4 is 0 Å². The molecule has 2 fully saturated rings. The standard InChI is InChI=1S/C10H13/c1-2-9-7-4-5-8(6-7)10(9)3-1/h1-2,5,7-10H,3-4,6H2. The van der Waals surface area contributed by atoms with Crippen LogP contribution in [0.3, 0.4) is 0 Å². The van der Waals surface area contributed by atoms with E-state index in [1.165, 1.54) is 19.3 Å². The minimum absolute atomic E-state index is 0.995. The van der Waals surface area contributed by atoms with Crippen molar-refractivity contribution in [2.75, 3.05) is 0 Å². The third-order valence-corrected chi connectivity index (χ3v) is 3.67. The Balaban J connectivity index is 1.97. The third kappa shape index (κ3) is 0.492. The first-order valence-electron chi connectivity index (χ1n) is 4.45. The highest BCUT2D eigenvalue weighted by molar-refractivity contribution is 5.16. The van der Waals surface area contributed by atoms with E-state index in [1.807, 2.05) is 0 Å². The molecule has 0 amide bonds. The second-order valence-corrected chi connectivity index (χ2v) is 4.04. The van der Waals surface area contributed by atoms with Gasteiger partial charge in [0.1, 0.15) is 0 Å². The van der Waals surface area contributed by atoms with E-state index in [-0.39, 0.29) is 0 Å². The summed E-state index contributed by atoms with van der Waals surface area (Å²) in [6.45, 7) is 0. The summed E-state index contributed by atoms with van der Waals surface area (Å²) in [4.78, 5) is 0. The van der Waals surface area contributed by atoms with Gasteiger partial charge in [0.2, 0.25) is 0 Å². The van der Waals surface area contributed by atoms with Gasteiger partial charge >= 0.3 is 0 Å². The molecule has 0 aromatic carbocycles. The fourth-order valence-corrected chi connectivity index (χ4v) is 3.22. The lowest BCUT2D eigenvalue weighted by molar-refractivity contribution is 0.334. The van der Waals surface area contributed by atoms with Gasteiger partial charge < -0.3 is 0 Å². The smallest absolute Gasteiger partial charge is 0.0171 e. The molecule has 1 radical (unpaired) electrons. The maximum Gasteiger partial charge on any atom is -0.0171 e. The SMILES string of the molecule is [CH]1CC2CC1C1CC=CC21. The lowest BCUT2D eigenvalue weighted by Gasteiger charge is -2.23. The Morgan fingerprint density at radius 2 is 2.20 bits per heavy atom. The second kappa shape index (κ2) is 1.66. The molecule has 3 aliphatic rings. The Morgan fingerprint density at radius 1 is 1.20 bits per heavy atom. The third-order valence-electron chi connectivity index (χ3n) is 3.67. The first kappa shape index (κ1) is 5.40. The molecule has 2 bridgehead atoms. The van der Waals surface area contributed by atoms with Crippen LogP contribution in [-0.4, -0.2) is 0 Å². The van der Waals surface area contributed by atoms with Crippen LogP contribution in [0.5, 0.6) is 0 Å². The summed E-state index contributed by atoms with van der Waals surface area (Å²) >= 11 is 0. The van der Waals surface area contributed by atoms with E-state index in [0.717, 1.165) is 23.7 Å². The van der Waals surface area contributed by atoms with E-state index in [4.69, 9.17) is 0 Å². The van der Waals surface area contributed by atoms with Crippen LogP contribution in [-0.2, 0) is 0 Å². The molecule has 0 aromatic rings. The van der Waals surface area contributed by atoms with Crippen LogP contribution in [0.2, 0.25) is 0 Å². The van der Waals surface area contributed by atoms with E-state index in [1.54, 1.807) is 0 Å². The number of rotatable bonds is 0. The van der Waals surface area contributed by atoms with Crippen LogP contribution in [0, 0.1) is 30.1 Å². The molecule has 3 rings (SSSR count). The van der Waals surface area contributed by atoms with Gasteiger partial charge in [0.15, 0.2) is 0 Å². The van der Waals surface area contributed by atoms with Crippen LogP contribution < -0.4 is 0 Å². The molecule has 3 aliphatic carbocycles. The Bertz CT molecular complexity index is 180. The zero-order valence-electron chi connectivity index (χ0n) is 6.16. The second-order valence-electron chi connectivity index (χ2n) is 4.04. The molecule has 0 N–H and O–H groups in total. The summed E-state index contributed by atoms with van der Waals surface area (Å²) < 4.78 is 0. The van der Waals surface area contributed by atoms with Crippen molar-refractivity contribution in [3.63, 3.8) is 0 Å². The Morgan fingerprint density at radius 3 is 3.10 bits per heavy atom. The molecule has 0 aliphatic heterocycles. The molecule has 0 heterocycles. The predicted octanol–water partition coefficient (Wildman–Crippen LogP) is 2.42. The number of hydrogen-bond donors (Lipinski definition) is 0. The lowest BCUT2D eigenvalue weighted by Crippen LogP contribution is -2.16. The van der Waals surface area contributed by atoms with E-state index in [2.05, 4.69) is 18.6 Å². The molecular formula is C10H13. The summed E-state index contributed by atoms with van der Waals surface area (Å²) in [5, 5.41) is 0. The van der Waals surface area contributed by atoms with Crippen LogP contribution in [0.4, 0.5) is 0 Å². The van der Waals surface area contributed by atoms with E-state index < -0.39 is 0 Å². The molecule has 0 saturated heterocycles. The largest absolute Gasteiger partial charge is 0.0879 e. The Hall–Kier alpha value is -0.260. The van der Waals surface area contributed by atoms with Gasteiger partial charge in [0.05, 0.1) is 0 Å². The lowest BCUT2D eigenvalue weighted by atomic mass is 9.82. The molecular weight excluding hydrogens is 120 g/mol. The molecule has 0 nitrogen and oxygen atoms in total. The topological polar surface area (TPSA) is 0 Å². The van der Waals surface area contributed by atoms with Crippen LogP contribution in [0.15, 0.2) is 12.2 Å². The van der Waals surface area contributed by atoms with E-state index in [0.29, 0.717) is 0 Å². The molecule has 4 atom stereocenters. The van der Waals surface area contributed by atoms with Gasteiger partial charge in [0, 0.05) is 0 Å². The van der Waals surface area contributed by atoms with Crippen LogP contribution in [0.25, 0.3) is 0 Å². The number of fused-ring (bicyclic) bond motifs is 5. The summed E-state index contributed by atoms with van der Waals surface area (Å²) in [7, 11) is 0. The molecule has 2 saturated carbocycles. The zero-order chi connectivity index (χ0) is 6.55. The average molecular weight is 133 g/mol. The van der Waals surface area contributed by atoms with Gasteiger partial charge in [-0.15, -0.1) is 0 Å². The van der Waals surface area contributed by atoms with Crippen LogP contribution in [0.1, 0.15) is 19.3 Å². The molecule has 4 unspecified atom stereocenters. The highest BCUT2D eigenvalue weighted by Gasteiger charge is 2.47. The van der Waals surface area contributed by atoms with Crippen molar-refractivity contribution in [1.29, 1.82) is 0 Å². The molecule has 10 heavy (non-hydrogen) atoms. The monoisotopic (exact) mass is 133 g/mol. The van der Waals surface area contributed by atoms with Crippen molar-refractivity contribution in [2.45, 2.75) is 19.3 Å². The molecule has 0 spiro atoms. The minimum Gasteiger partial charge on any atom is -0.0879 e. The summed E-state index contributed by atoms with van der Waals surface area (Å²) in [5.74, 6) is 4.09. The van der Waals surface area contributed by atoms with Crippen LogP contribution >= 0.6 is 0 Å². The van der Waals surface area contributed by atoms with Gasteiger partial charge in [-0.05, 0) is 49.4 Å². The maximum absolute atomic E-state index is 2.57. The van der Waals surface area contributed by atoms with Crippen molar-refractivity contribution in [1.82, 2.24) is 0 Å². The zero-order valence-corrected chi connectivity index (χ0v) is 6.16. The predicted molar refractivity (Wildman–Crippen MR) is 41.3 cm³/mol. The van der Waals surface area contributed by atoms with Crippen molar-refractivity contribution in [2.24, 2.45) is 23.7 Å². The first-order valence-corrected chi connectivity index (χ1v) is 4.45. The fourth-order valence-electron chi connectivity index (χ4n) is 3.22. The fraction of sp³-hybridized carbons (Fsp3) is 0.700. The first-order chi connectivity index (χ1) is 4.95. The van der Waals surface area contributed by atoms with Gasteiger partial charge in [-0.1, -0.05) is 12.2 Å². The van der Waals surface area contributed by atoms with Crippen molar-refractivity contribution < 1.29 is 0 Å². The molecule has 0 heteroatoms.